The van der Waals surface area contributed by atoms with E-state index >= 15 is 0 Å². The molecular formula is C15H27N3. The second-order valence-corrected chi connectivity index (χ2v) is 5.63. The first-order valence-electron chi connectivity index (χ1n) is 7.01. The fourth-order valence-corrected chi connectivity index (χ4v) is 2.31. The fourth-order valence-electron chi connectivity index (χ4n) is 2.31. The first kappa shape index (κ1) is 15.1. The van der Waals surface area contributed by atoms with Gasteiger partial charge in [-0.05, 0) is 46.7 Å². The molecule has 0 radical (unpaired) electrons. The molecule has 3 nitrogen and oxygen atoms in total. The zero-order valence-electron chi connectivity index (χ0n) is 12.7. The van der Waals surface area contributed by atoms with Crippen molar-refractivity contribution in [2.24, 2.45) is 0 Å². The van der Waals surface area contributed by atoms with Crippen LogP contribution in [-0.4, -0.2) is 33.5 Å². The zero-order chi connectivity index (χ0) is 13.8. The molecule has 1 fully saturated rings. The molecule has 1 saturated heterocycles. The van der Waals surface area contributed by atoms with Gasteiger partial charge < -0.3 is 0 Å². The van der Waals surface area contributed by atoms with E-state index in [0.717, 1.165) is 12.4 Å². The second kappa shape index (κ2) is 6.28. The predicted molar refractivity (Wildman–Crippen MR) is 76.8 cm³/mol. The number of rotatable bonds is 1. The highest BCUT2D eigenvalue weighted by molar-refractivity contribution is 5.11. The number of hydrogen-bond donors (Lipinski definition) is 0. The minimum Gasteiger partial charge on any atom is -0.298 e. The van der Waals surface area contributed by atoms with Crippen molar-refractivity contribution in [2.75, 3.05) is 13.1 Å². The van der Waals surface area contributed by atoms with Gasteiger partial charge in [0.05, 0.1) is 0 Å². The summed E-state index contributed by atoms with van der Waals surface area (Å²) in [5, 5.41) is 0. The molecule has 0 aromatic carbocycles. The van der Waals surface area contributed by atoms with Gasteiger partial charge in [-0.15, -0.1) is 0 Å². The Morgan fingerprint density at radius 1 is 1.28 bits per heavy atom. The third-order valence-corrected chi connectivity index (χ3v) is 3.35. The van der Waals surface area contributed by atoms with Crippen LogP contribution in [0, 0.1) is 6.92 Å². The summed E-state index contributed by atoms with van der Waals surface area (Å²) < 4.78 is 0. The summed E-state index contributed by atoms with van der Waals surface area (Å²) in [7, 11) is 0. The lowest BCUT2D eigenvalue weighted by atomic mass is 10.0. The van der Waals surface area contributed by atoms with E-state index in [9.17, 15) is 0 Å². The Labute approximate surface area is 112 Å². The van der Waals surface area contributed by atoms with E-state index in [0.29, 0.717) is 5.92 Å². The standard InChI is InChI=1S/C13H21N3.C2H6/c1-10-14-7-5-12(15-10)11-6-8-16(9-11)13(2,3)4;1-2/h5,7,11H,6,8-9H2,1-4H3;1-2H3. The van der Waals surface area contributed by atoms with Gasteiger partial charge in [-0.3, -0.25) is 4.90 Å². The van der Waals surface area contributed by atoms with Gasteiger partial charge in [0, 0.05) is 29.9 Å². The van der Waals surface area contributed by atoms with Crippen molar-refractivity contribution in [3.05, 3.63) is 23.8 Å². The molecule has 2 rings (SSSR count). The molecule has 1 aliphatic rings. The monoisotopic (exact) mass is 249 g/mol. The molecule has 0 bridgehead atoms. The summed E-state index contributed by atoms with van der Waals surface area (Å²) >= 11 is 0. The molecule has 0 aliphatic carbocycles. The maximum atomic E-state index is 4.53. The van der Waals surface area contributed by atoms with Crippen molar-refractivity contribution in [1.82, 2.24) is 14.9 Å². The summed E-state index contributed by atoms with van der Waals surface area (Å²) in [5.41, 5.74) is 1.48. The molecule has 0 spiro atoms. The fraction of sp³-hybridized carbons (Fsp3) is 0.733. The van der Waals surface area contributed by atoms with Crippen LogP contribution in [0.25, 0.3) is 0 Å². The van der Waals surface area contributed by atoms with Crippen LogP contribution in [0.1, 0.15) is 58.5 Å². The zero-order valence-corrected chi connectivity index (χ0v) is 12.7. The average Bonchev–Trinajstić information content (AvgIpc) is 2.80. The van der Waals surface area contributed by atoms with Crippen LogP contribution in [0.5, 0.6) is 0 Å². The smallest absolute Gasteiger partial charge is 0.125 e. The van der Waals surface area contributed by atoms with Crippen LogP contribution >= 0.6 is 0 Å². The lowest BCUT2D eigenvalue weighted by molar-refractivity contribution is 0.172. The Morgan fingerprint density at radius 3 is 2.44 bits per heavy atom. The summed E-state index contributed by atoms with van der Waals surface area (Å²) in [6.45, 7) is 15.1. The lowest BCUT2D eigenvalue weighted by Crippen LogP contribution is -2.39. The Kier molecular flexibility index (Phi) is 5.27. The van der Waals surface area contributed by atoms with Crippen LogP contribution < -0.4 is 0 Å². The number of nitrogens with zero attached hydrogens (tertiary/aromatic N) is 3. The molecule has 1 atom stereocenters. The lowest BCUT2D eigenvalue weighted by Gasteiger charge is -2.31. The molecule has 1 aromatic rings. The van der Waals surface area contributed by atoms with Crippen LogP contribution in [0.15, 0.2) is 12.3 Å². The molecule has 1 unspecified atom stereocenters. The van der Waals surface area contributed by atoms with E-state index in [-0.39, 0.29) is 5.54 Å². The average molecular weight is 249 g/mol. The SMILES string of the molecule is CC.Cc1nccc(C2CCN(C(C)(C)C)C2)n1. The predicted octanol–water partition coefficient (Wildman–Crippen LogP) is 3.40. The maximum Gasteiger partial charge on any atom is 0.125 e. The number of hydrogen-bond acceptors (Lipinski definition) is 3. The van der Waals surface area contributed by atoms with Gasteiger partial charge >= 0.3 is 0 Å². The summed E-state index contributed by atoms with van der Waals surface area (Å²) in [6.07, 6.45) is 3.09. The van der Waals surface area contributed by atoms with E-state index in [2.05, 4.69) is 41.7 Å². The van der Waals surface area contributed by atoms with E-state index in [1.807, 2.05) is 27.0 Å². The van der Waals surface area contributed by atoms with Crippen LogP contribution in [0.3, 0.4) is 0 Å². The Balaban J connectivity index is 0.000000771. The van der Waals surface area contributed by atoms with Gasteiger partial charge in [0.1, 0.15) is 5.82 Å². The number of aromatic nitrogens is 2. The van der Waals surface area contributed by atoms with E-state index in [4.69, 9.17) is 0 Å². The highest BCUT2D eigenvalue weighted by atomic mass is 15.2. The van der Waals surface area contributed by atoms with Gasteiger partial charge in [0.2, 0.25) is 0 Å². The van der Waals surface area contributed by atoms with Crippen molar-refractivity contribution in [2.45, 2.75) is 59.4 Å². The second-order valence-electron chi connectivity index (χ2n) is 5.63. The van der Waals surface area contributed by atoms with E-state index in [1.165, 1.54) is 18.7 Å². The van der Waals surface area contributed by atoms with Gasteiger partial charge in [-0.25, -0.2) is 9.97 Å². The van der Waals surface area contributed by atoms with Crippen molar-refractivity contribution in [3.63, 3.8) is 0 Å². The molecule has 0 N–H and O–H groups in total. The molecule has 3 heteroatoms. The van der Waals surface area contributed by atoms with E-state index < -0.39 is 0 Å². The molecule has 0 amide bonds. The Bertz CT molecular complexity index is 368. The van der Waals surface area contributed by atoms with Crippen molar-refractivity contribution >= 4 is 0 Å². The Morgan fingerprint density at radius 2 is 1.94 bits per heavy atom. The van der Waals surface area contributed by atoms with Crippen molar-refractivity contribution in [3.8, 4) is 0 Å². The van der Waals surface area contributed by atoms with Gasteiger partial charge in [0.25, 0.3) is 0 Å². The van der Waals surface area contributed by atoms with Crippen LogP contribution in [0.2, 0.25) is 0 Å². The van der Waals surface area contributed by atoms with E-state index in [1.54, 1.807) is 0 Å². The molecular weight excluding hydrogens is 222 g/mol. The quantitative estimate of drug-likeness (QED) is 0.764. The summed E-state index contributed by atoms with van der Waals surface area (Å²) in [4.78, 5) is 11.2. The maximum absolute atomic E-state index is 4.53. The Hall–Kier alpha value is -0.960. The third kappa shape index (κ3) is 3.77. The summed E-state index contributed by atoms with van der Waals surface area (Å²) in [6, 6.07) is 2.06. The molecule has 2 heterocycles. The topological polar surface area (TPSA) is 29.0 Å². The number of likely N-dealkylation sites (tertiary alicyclic amines) is 1. The third-order valence-electron chi connectivity index (χ3n) is 3.35. The highest BCUT2D eigenvalue weighted by Gasteiger charge is 2.31. The van der Waals surface area contributed by atoms with Gasteiger partial charge in [0.15, 0.2) is 0 Å². The normalized spacial score (nSPS) is 20.4. The van der Waals surface area contributed by atoms with Crippen LogP contribution in [-0.2, 0) is 0 Å². The van der Waals surface area contributed by atoms with Gasteiger partial charge in [-0.2, -0.15) is 0 Å². The van der Waals surface area contributed by atoms with Crippen molar-refractivity contribution in [1.29, 1.82) is 0 Å². The highest BCUT2D eigenvalue weighted by Crippen LogP contribution is 2.30. The molecule has 0 saturated carbocycles. The van der Waals surface area contributed by atoms with Gasteiger partial charge in [-0.1, -0.05) is 13.8 Å². The minimum atomic E-state index is 0.275. The van der Waals surface area contributed by atoms with Crippen LogP contribution in [0.4, 0.5) is 0 Å². The first-order valence-corrected chi connectivity index (χ1v) is 7.01. The minimum absolute atomic E-state index is 0.275. The first-order chi connectivity index (χ1) is 8.47. The largest absolute Gasteiger partial charge is 0.298 e. The molecule has 102 valence electrons. The molecule has 1 aromatic heterocycles. The number of aryl methyl sites for hydroxylation is 1. The van der Waals surface area contributed by atoms with Crippen molar-refractivity contribution < 1.29 is 0 Å². The summed E-state index contributed by atoms with van der Waals surface area (Å²) in [5.74, 6) is 1.47. The molecule has 18 heavy (non-hydrogen) atoms. The molecule has 1 aliphatic heterocycles.